The third-order valence-electron chi connectivity index (χ3n) is 5.05. The van der Waals surface area contributed by atoms with Gasteiger partial charge in [-0.2, -0.15) is 9.37 Å². The van der Waals surface area contributed by atoms with Crippen LogP contribution < -0.4 is 4.74 Å². The van der Waals surface area contributed by atoms with Crippen LogP contribution in [0, 0.1) is 5.95 Å². The van der Waals surface area contributed by atoms with Crippen LogP contribution in [-0.4, -0.2) is 26.5 Å². The first-order valence-corrected chi connectivity index (χ1v) is 8.86. The molecule has 0 bridgehead atoms. The topological polar surface area (TPSA) is 78.1 Å². The van der Waals surface area contributed by atoms with Crippen LogP contribution in [0.2, 0.25) is 0 Å². The highest BCUT2D eigenvalue weighted by atomic mass is 19.1. The summed E-state index contributed by atoms with van der Waals surface area (Å²) in [5, 5.41) is 3.82. The van der Waals surface area contributed by atoms with E-state index in [0.717, 1.165) is 12.8 Å². The van der Waals surface area contributed by atoms with Gasteiger partial charge in [-0.1, -0.05) is 19.0 Å². The molecule has 0 saturated heterocycles. The molecule has 0 radical (unpaired) electrons. The van der Waals surface area contributed by atoms with E-state index in [4.69, 9.17) is 9.26 Å². The van der Waals surface area contributed by atoms with Gasteiger partial charge in [-0.15, -0.1) is 0 Å². The first-order valence-electron chi connectivity index (χ1n) is 8.86. The molecule has 0 atom stereocenters. The van der Waals surface area contributed by atoms with E-state index in [9.17, 15) is 9.18 Å². The number of carbonyl (C=O) groups excluding carboxylic acids is 1. The molecule has 1 aliphatic heterocycles. The summed E-state index contributed by atoms with van der Waals surface area (Å²) in [6, 6.07) is 8.30. The highest BCUT2D eigenvalue weighted by molar-refractivity contribution is 6.01. The average molecular weight is 367 g/mol. The summed E-state index contributed by atoms with van der Waals surface area (Å²) in [6.07, 6.45) is 3.22. The van der Waals surface area contributed by atoms with Crippen molar-refractivity contribution in [3.05, 3.63) is 48.0 Å². The van der Waals surface area contributed by atoms with Gasteiger partial charge in [0.05, 0.1) is 17.5 Å². The normalized spacial score (nSPS) is 15.3. The molecular formula is C20H18FN3O3. The number of pyridine rings is 1. The molecule has 3 heterocycles. The van der Waals surface area contributed by atoms with E-state index < -0.39 is 11.5 Å². The molecule has 0 spiro atoms. The Labute approximate surface area is 155 Å². The summed E-state index contributed by atoms with van der Waals surface area (Å²) in [7, 11) is 0. The van der Waals surface area contributed by atoms with E-state index in [2.05, 4.69) is 15.1 Å². The number of halogens is 1. The number of fused-ring (bicyclic) bond motifs is 1. The van der Waals surface area contributed by atoms with Crippen LogP contribution in [0.4, 0.5) is 4.39 Å². The van der Waals surface area contributed by atoms with Gasteiger partial charge in [-0.3, -0.25) is 4.79 Å². The third kappa shape index (κ3) is 2.99. The van der Waals surface area contributed by atoms with Gasteiger partial charge in [0, 0.05) is 11.8 Å². The molecule has 27 heavy (non-hydrogen) atoms. The molecule has 4 rings (SSSR count). The van der Waals surface area contributed by atoms with Crippen molar-refractivity contribution in [3.63, 3.8) is 0 Å². The zero-order valence-electron chi connectivity index (χ0n) is 15.0. The molecule has 6 nitrogen and oxygen atoms in total. The molecular weight excluding hydrogens is 349 g/mol. The maximum absolute atomic E-state index is 13.8. The molecule has 0 saturated carbocycles. The lowest BCUT2D eigenvalue weighted by atomic mass is 9.85. The van der Waals surface area contributed by atoms with Crippen LogP contribution >= 0.6 is 0 Å². The van der Waals surface area contributed by atoms with Gasteiger partial charge >= 0.3 is 0 Å². The molecule has 2 aromatic heterocycles. The van der Waals surface area contributed by atoms with Crippen molar-refractivity contribution in [2.45, 2.75) is 38.7 Å². The Morgan fingerprint density at radius 2 is 2.00 bits per heavy atom. The van der Waals surface area contributed by atoms with Crippen LogP contribution in [0.3, 0.4) is 0 Å². The molecule has 1 aromatic carbocycles. The van der Waals surface area contributed by atoms with Crippen molar-refractivity contribution < 1.29 is 18.4 Å². The van der Waals surface area contributed by atoms with E-state index in [1.165, 1.54) is 12.3 Å². The molecule has 0 aliphatic carbocycles. The Bertz CT molecular complexity index is 1010. The van der Waals surface area contributed by atoms with E-state index in [1.807, 2.05) is 13.8 Å². The molecule has 0 unspecified atom stereocenters. The Hall–Kier alpha value is -3.09. The standard InChI is InChI=1S/C20H18FN3O3/c1-3-20(4-2)11-15(25)14-10-12(7-8-16(14)26-20)19-23-18(24-27-19)13-6-5-9-22-17(13)21/h5-10H,3-4,11H2,1-2H3. The minimum Gasteiger partial charge on any atom is -0.486 e. The van der Waals surface area contributed by atoms with Crippen LogP contribution in [0.1, 0.15) is 43.5 Å². The molecule has 3 aromatic rings. The smallest absolute Gasteiger partial charge is 0.258 e. The zero-order valence-corrected chi connectivity index (χ0v) is 15.0. The Balaban J connectivity index is 1.69. The lowest BCUT2D eigenvalue weighted by Gasteiger charge is -2.36. The second-order valence-electron chi connectivity index (χ2n) is 6.57. The van der Waals surface area contributed by atoms with Gasteiger partial charge in [-0.25, -0.2) is 4.98 Å². The Kier molecular flexibility index (Phi) is 4.22. The van der Waals surface area contributed by atoms with E-state index in [0.29, 0.717) is 23.3 Å². The van der Waals surface area contributed by atoms with Crippen molar-refractivity contribution in [3.8, 4) is 28.6 Å². The SMILES string of the molecule is CCC1(CC)CC(=O)c2cc(-c3nc(-c4cccnc4F)no3)ccc2O1. The second kappa shape index (κ2) is 6.57. The van der Waals surface area contributed by atoms with Gasteiger partial charge in [0.2, 0.25) is 11.8 Å². The summed E-state index contributed by atoms with van der Waals surface area (Å²) in [5.41, 5.74) is 0.785. The quantitative estimate of drug-likeness (QED) is 0.634. The highest BCUT2D eigenvalue weighted by Gasteiger charge is 2.37. The number of ketones is 1. The third-order valence-corrected chi connectivity index (χ3v) is 5.05. The fraction of sp³-hybridized carbons (Fsp3) is 0.300. The van der Waals surface area contributed by atoms with Crippen LogP contribution in [0.5, 0.6) is 5.75 Å². The summed E-state index contributed by atoms with van der Waals surface area (Å²) >= 11 is 0. The number of rotatable bonds is 4. The summed E-state index contributed by atoms with van der Waals surface area (Å²) < 4.78 is 25.2. The van der Waals surface area contributed by atoms with Crippen molar-refractivity contribution in [2.75, 3.05) is 0 Å². The lowest BCUT2D eigenvalue weighted by molar-refractivity contribution is 0.0350. The molecule has 138 valence electrons. The monoisotopic (exact) mass is 367 g/mol. The largest absolute Gasteiger partial charge is 0.486 e. The first-order chi connectivity index (χ1) is 13.0. The molecule has 0 fully saturated rings. The summed E-state index contributed by atoms with van der Waals surface area (Å²) in [5.74, 6) is 0.226. The van der Waals surface area contributed by atoms with Gasteiger partial charge < -0.3 is 9.26 Å². The molecule has 0 amide bonds. The van der Waals surface area contributed by atoms with Crippen molar-refractivity contribution in [1.82, 2.24) is 15.1 Å². The number of benzene rings is 1. The highest BCUT2D eigenvalue weighted by Crippen LogP contribution is 2.39. The molecule has 0 N–H and O–H groups in total. The number of carbonyl (C=O) groups is 1. The number of ether oxygens (including phenoxy) is 1. The predicted molar refractivity (Wildman–Crippen MR) is 95.8 cm³/mol. The number of hydrogen-bond donors (Lipinski definition) is 0. The molecule has 1 aliphatic rings. The summed E-state index contributed by atoms with van der Waals surface area (Å²) in [6.45, 7) is 4.04. The van der Waals surface area contributed by atoms with Crippen LogP contribution in [0.25, 0.3) is 22.8 Å². The fourth-order valence-corrected chi connectivity index (χ4v) is 3.27. The van der Waals surface area contributed by atoms with Gasteiger partial charge in [0.25, 0.3) is 5.89 Å². The lowest BCUT2D eigenvalue weighted by Crippen LogP contribution is -2.40. The predicted octanol–water partition coefficient (Wildman–Crippen LogP) is 4.46. The van der Waals surface area contributed by atoms with Gasteiger partial charge in [0.1, 0.15) is 11.4 Å². The summed E-state index contributed by atoms with van der Waals surface area (Å²) in [4.78, 5) is 20.5. The number of Topliss-reactive ketones (excluding diaryl/α,β-unsaturated/α-hetero) is 1. The van der Waals surface area contributed by atoms with Gasteiger partial charge in [-0.05, 0) is 43.2 Å². The average Bonchev–Trinajstić information content (AvgIpc) is 3.18. The number of nitrogens with zero attached hydrogens (tertiary/aromatic N) is 3. The first kappa shape index (κ1) is 17.3. The van der Waals surface area contributed by atoms with E-state index >= 15 is 0 Å². The Morgan fingerprint density at radius 1 is 1.19 bits per heavy atom. The minimum atomic E-state index is -0.672. The Morgan fingerprint density at radius 3 is 2.74 bits per heavy atom. The van der Waals surface area contributed by atoms with Crippen LogP contribution in [-0.2, 0) is 0 Å². The van der Waals surface area contributed by atoms with Crippen LogP contribution in [0.15, 0.2) is 41.1 Å². The maximum atomic E-state index is 13.8. The number of hydrogen-bond acceptors (Lipinski definition) is 6. The van der Waals surface area contributed by atoms with E-state index in [-0.39, 0.29) is 23.1 Å². The molecule has 7 heteroatoms. The van der Waals surface area contributed by atoms with Gasteiger partial charge in [0.15, 0.2) is 5.78 Å². The van der Waals surface area contributed by atoms with Crippen molar-refractivity contribution in [1.29, 1.82) is 0 Å². The minimum absolute atomic E-state index is 0.0276. The number of aromatic nitrogens is 3. The second-order valence-corrected chi connectivity index (χ2v) is 6.57. The van der Waals surface area contributed by atoms with Crippen molar-refractivity contribution in [2.24, 2.45) is 0 Å². The zero-order chi connectivity index (χ0) is 19.0. The fourth-order valence-electron chi connectivity index (χ4n) is 3.27. The maximum Gasteiger partial charge on any atom is 0.258 e. The van der Waals surface area contributed by atoms with E-state index in [1.54, 1.807) is 24.3 Å². The van der Waals surface area contributed by atoms with Crippen molar-refractivity contribution >= 4 is 5.78 Å².